The van der Waals surface area contributed by atoms with Gasteiger partial charge in [0.2, 0.25) is 5.88 Å². The molecular weight excluding hydrogens is 254 g/mol. The summed E-state index contributed by atoms with van der Waals surface area (Å²) in [6.07, 6.45) is 1.32. The predicted octanol–water partition coefficient (Wildman–Crippen LogP) is 2.21. The second kappa shape index (κ2) is 4.93. The van der Waals surface area contributed by atoms with E-state index in [1.165, 1.54) is 12.3 Å². The van der Waals surface area contributed by atoms with Crippen LogP contribution in [-0.2, 0) is 0 Å². The van der Waals surface area contributed by atoms with Crippen LogP contribution in [0.3, 0.4) is 0 Å². The molecule has 18 heavy (non-hydrogen) atoms. The number of rotatable bonds is 3. The van der Waals surface area contributed by atoms with Crippen molar-refractivity contribution in [3.63, 3.8) is 0 Å². The molecule has 0 spiro atoms. The lowest BCUT2D eigenvalue weighted by Crippen LogP contribution is -2.13. The van der Waals surface area contributed by atoms with Gasteiger partial charge in [0.15, 0.2) is 0 Å². The Morgan fingerprint density at radius 1 is 1.28 bits per heavy atom. The lowest BCUT2D eigenvalue weighted by Gasteiger charge is -2.07. The molecule has 0 atom stereocenters. The quantitative estimate of drug-likeness (QED) is 0.888. The van der Waals surface area contributed by atoms with Gasteiger partial charge in [-0.1, -0.05) is 11.6 Å². The molecule has 92 valence electrons. The Hall–Kier alpha value is -2.27. The number of aromatic nitrogens is 1. The van der Waals surface area contributed by atoms with Gasteiger partial charge in [0.1, 0.15) is 5.75 Å². The molecule has 1 aromatic heterocycles. The number of pyridine rings is 1. The van der Waals surface area contributed by atoms with Crippen LogP contribution in [0, 0.1) is 0 Å². The molecule has 0 aliphatic rings. The Morgan fingerprint density at radius 2 is 1.94 bits per heavy atom. The van der Waals surface area contributed by atoms with E-state index in [1.807, 2.05) is 0 Å². The number of nitrogen functional groups attached to an aromatic ring is 1. The van der Waals surface area contributed by atoms with Gasteiger partial charge in [-0.05, 0) is 24.3 Å². The molecule has 0 aliphatic carbocycles. The van der Waals surface area contributed by atoms with Crippen molar-refractivity contribution in [3.05, 3.63) is 47.1 Å². The van der Waals surface area contributed by atoms with Crippen molar-refractivity contribution < 1.29 is 9.53 Å². The highest BCUT2D eigenvalue weighted by Gasteiger charge is 2.09. The van der Waals surface area contributed by atoms with Gasteiger partial charge in [-0.25, -0.2) is 4.98 Å². The van der Waals surface area contributed by atoms with Crippen LogP contribution in [0.2, 0.25) is 5.02 Å². The second-order valence-electron chi connectivity index (χ2n) is 3.53. The summed E-state index contributed by atoms with van der Waals surface area (Å²) in [5.41, 5.74) is 11.1. The van der Waals surface area contributed by atoms with E-state index in [1.54, 1.807) is 24.3 Å². The molecule has 0 saturated heterocycles. The SMILES string of the molecule is NC(=O)c1cc(Oc2ccc(Cl)cc2)ncc1N. The third-order valence-corrected chi connectivity index (χ3v) is 2.46. The second-order valence-corrected chi connectivity index (χ2v) is 3.97. The van der Waals surface area contributed by atoms with Gasteiger partial charge >= 0.3 is 0 Å². The van der Waals surface area contributed by atoms with Gasteiger partial charge in [0.05, 0.1) is 17.4 Å². The largest absolute Gasteiger partial charge is 0.439 e. The van der Waals surface area contributed by atoms with Gasteiger partial charge in [-0.2, -0.15) is 0 Å². The van der Waals surface area contributed by atoms with E-state index in [4.69, 9.17) is 27.8 Å². The first-order chi connectivity index (χ1) is 8.56. The molecule has 1 heterocycles. The number of hydrogen-bond donors (Lipinski definition) is 2. The topological polar surface area (TPSA) is 91.2 Å². The normalized spacial score (nSPS) is 10.1. The van der Waals surface area contributed by atoms with Crippen molar-refractivity contribution in [1.82, 2.24) is 4.98 Å². The minimum absolute atomic E-state index is 0.175. The number of carbonyl (C=O) groups is 1. The summed E-state index contributed by atoms with van der Waals surface area (Å²) < 4.78 is 5.45. The molecule has 0 bridgehead atoms. The highest BCUT2D eigenvalue weighted by molar-refractivity contribution is 6.30. The number of ether oxygens (including phenoxy) is 1. The summed E-state index contributed by atoms with van der Waals surface area (Å²) in [6, 6.07) is 8.13. The Bertz CT molecular complexity index is 584. The van der Waals surface area contributed by atoms with E-state index >= 15 is 0 Å². The molecule has 6 heteroatoms. The molecule has 2 aromatic rings. The fourth-order valence-corrected chi connectivity index (χ4v) is 1.47. The van der Waals surface area contributed by atoms with Crippen molar-refractivity contribution in [2.45, 2.75) is 0 Å². The minimum atomic E-state index is -0.629. The molecule has 0 saturated carbocycles. The van der Waals surface area contributed by atoms with Crippen molar-refractivity contribution in [2.24, 2.45) is 5.73 Å². The summed E-state index contributed by atoms with van der Waals surface area (Å²) in [7, 11) is 0. The summed E-state index contributed by atoms with van der Waals surface area (Å²) in [6.45, 7) is 0. The van der Waals surface area contributed by atoms with Crippen LogP contribution in [-0.4, -0.2) is 10.9 Å². The monoisotopic (exact) mass is 263 g/mol. The lowest BCUT2D eigenvalue weighted by molar-refractivity contribution is 0.100. The van der Waals surface area contributed by atoms with Crippen molar-refractivity contribution in [2.75, 3.05) is 5.73 Å². The number of nitrogens with two attached hydrogens (primary N) is 2. The molecule has 1 amide bonds. The lowest BCUT2D eigenvalue weighted by atomic mass is 10.2. The standard InChI is InChI=1S/C12H10ClN3O2/c13-7-1-3-8(4-2-7)18-11-5-9(12(15)17)10(14)6-16-11/h1-6H,14H2,(H2,15,17). The number of carbonyl (C=O) groups excluding carboxylic acids is 1. The van der Waals surface area contributed by atoms with Crippen LogP contribution in [0.15, 0.2) is 36.5 Å². The first-order valence-electron chi connectivity index (χ1n) is 5.05. The number of halogens is 1. The van der Waals surface area contributed by atoms with E-state index in [9.17, 15) is 4.79 Å². The first kappa shape index (κ1) is 12.2. The van der Waals surface area contributed by atoms with E-state index in [0.717, 1.165) is 0 Å². The van der Waals surface area contributed by atoms with Crippen LogP contribution >= 0.6 is 11.6 Å². The van der Waals surface area contributed by atoms with Crippen LogP contribution in [0.25, 0.3) is 0 Å². The molecule has 0 radical (unpaired) electrons. The minimum Gasteiger partial charge on any atom is -0.439 e. The number of primary amides is 1. The van der Waals surface area contributed by atoms with Crippen molar-refractivity contribution in [1.29, 1.82) is 0 Å². The smallest absolute Gasteiger partial charge is 0.251 e. The van der Waals surface area contributed by atoms with Gasteiger partial charge in [0.25, 0.3) is 5.91 Å². The Labute approximate surface area is 108 Å². The zero-order valence-electron chi connectivity index (χ0n) is 9.26. The fourth-order valence-electron chi connectivity index (χ4n) is 1.34. The van der Waals surface area contributed by atoms with Crippen LogP contribution in [0.5, 0.6) is 11.6 Å². The number of hydrogen-bond acceptors (Lipinski definition) is 4. The Balaban J connectivity index is 2.27. The number of nitrogens with zero attached hydrogens (tertiary/aromatic N) is 1. The van der Waals surface area contributed by atoms with Crippen molar-refractivity contribution >= 4 is 23.2 Å². The van der Waals surface area contributed by atoms with Gasteiger partial charge in [-0.3, -0.25) is 4.79 Å². The highest BCUT2D eigenvalue weighted by Crippen LogP contribution is 2.23. The highest BCUT2D eigenvalue weighted by atomic mass is 35.5. The molecule has 0 aliphatic heterocycles. The predicted molar refractivity (Wildman–Crippen MR) is 68.7 cm³/mol. The Morgan fingerprint density at radius 3 is 2.56 bits per heavy atom. The number of amides is 1. The van der Waals surface area contributed by atoms with E-state index in [2.05, 4.69) is 4.98 Å². The maximum absolute atomic E-state index is 11.1. The van der Waals surface area contributed by atoms with Crippen LogP contribution in [0.1, 0.15) is 10.4 Å². The first-order valence-corrected chi connectivity index (χ1v) is 5.43. The number of anilines is 1. The zero-order chi connectivity index (χ0) is 13.1. The Kier molecular flexibility index (Phi) is 3.34. The van der Waals surface area contributed by atoms with E-state index in [0.29, 0.717) is 10.8 Å². The van der Waals surface area contributed by atoms with Crippen LogP contribution in [0.4, 0.5) is 5.69 Å². The molecule has 0 unspecified atom stereocenters. The summed E-state index contributed by atoms with van der Waals surface area (Å²) >= 11 is 5.75. The zero-order valence-corrected chi connectivity index (χ0v) is 10.0. The summed E-state index contributed by atoms with van der Waals surface area (Å²) in [4.78, 5) is 15.1. The summed E-state index contributed by atoms with van der Waals surface area (Å²) in [5.74, 6) is 0.156. The van der Waals surface area contributed by atoms with Gasteiger partial charge in [-0.15, -0.1) is 0 Å². The van der Waals surface area contributed by atoms with Crippen LogP contribution < -0.4 is 16.2 Å². The summed E-state index contributed by atoms with van der Waals surface area (Å²) in [5, 5.41) is 0.602. The molecule has 1 aromatic carbocycles. The molecular formula is C12H10ClN3O2. The molecule has 4 N–H and O–H groups in total. The molecule has 0 fully saturated rings. The fraction of sp³-hybridized carbons (Fsp3) is 0. The molecule has 2 rings (SSSR count). The number of benzene rings is 1. The molecule has 5 nitrogen and oxygen atoms in total. The maximum atomic E-state index is 11.1. The van der Waals surface area contributed by atoms with E-state index < -0.39 is 5.91 Å². The van der Waals surface area contributed by atoms with Gasteiger partial charge < -0.3 is 16.2 Å². The van der Waals surface area contributed by atoms with Crippen molar-refractivity contribution in [3.8, 4) is 11.6 Å². The van der Waals surface area contributed by atoms with Gasteiger partial charge in [0, 0.05) is 11.1 Å². The third-order valence-electron chi connectivity index (χ3n) is 2.21. The van der Waals surface area contributed by atoms with E-state index in [-0.39, 0.29) is 17.1 Å². The maximum Gasteiger partial charge on any atom is 0.251 e. The average Bonchev–Trinajstić information content (AvgIpc) is 2.34. The average molecular weight is 264 g/mol. The third kappa shape index (κ3) is 2.70.